The van der Waals surface area contributed by atoms with Crippen molar-refractivity contribution in [2.45, 2.75) is 379 Å². The molecule has 0 spiro atoms. The number of rotatable bonds is 60. The predicted molar refractivity (Wildman–Crippen MR) is 301 cm³/mol. The average Bonchev–Trinajstić information content (AvgIpc) is 3.35. The molecule has 6 nitrogen and oxygen atoms in total. The van der Waals surface area contributed by atoms with Crippen molar-refractivity contribution in [3.8, 4) is 0 Å². The fourth-order valence-electron chi connectivity index (χ4n) is 10.3. The van der Waals surface area contributed by atoms with Crippen molar-refractivity contribution in [1.29, 1.82) is 0 Å². The van der Waals surface area contributed by atoms with Gasteiger partial charge < -0.3 is 20.3 Å². The lowest BCUT2D eigenvalue weighted by Gasteiger charge is -2.22. The Morgan fingerprint density at radius 3 is 0.884 bits per heavy atom. The van der Waals surface area contributed by atoms with E-state index in [0.717, 1.165) is 38.5 Å². The van der Waals surface area contributed by atoms with Crippen LogP contribution in [0.3, 0.4) is 0 Å². The first-order valence-corrected chi connectivity index (χ1v) is 31.8. The van der Waals surface area contributed by atoms with E-state index in [-0.39, 0.29) is 18.5 Å². The van der Waals surface area contributed by atoms with E-state index < -0.39 is 12.1 Å². The Bertz CT molecular complexity index is 990. The third-order valence-electron chi connectivity index (χ3n) is 15.2. The molecular formula is C63H125NO5. The molecule has 0 heterocycles. The van der Waals surface area contributed by atoms with Crippen LogP contribution in [0.4, 0.5) is 0 Å². The fraction of sp³-hybridized carbons (Fsp3) is 0.968. The van der Waals surface area contributed by atoms with Gasteiger partial charge in [0.25, 0.3) is 0 Å². The molecule has 0 fully saturated rings. The molecule has 412 valence electrons. The molecule has 0 saturated carbocycles. The molecule has 1 amide bonds. The molecule has 0 radical (unpaired) electrons. The lowest BCUT2D eigenvalue weighted by molar-refractivity contribution is -0.143. The number of hydrogen-bond donors (Lipinski definition) is 3. The van der Waals surface area contributed by atoms with Gasteiger partial charge in [0.2, 0.25) is 5.91 Å². The van der Waals surface area contributed by atoms with Crippen LogP contribution in [0.25, 0.3) is 0 Å². The highest BCUT2D eigenvalue weighted by Crippen LogP contribution is 2.19. The minimum atomic E-state index is -0.667. The normalized spacial score (nSPS) is 12.5. The van der Waals surface area contributed by atoms with Crippen LogP contribution in [0.15, 0.2) is 0 Å². The summed E-state index contributed by atoms with van der Waals surface area (Å²) in [6, 6.07) is -0.544. The minimum Gasteiger partial charge on any atom is -0.466 e. The van der Waals surface area contributed by atoms with E-state index >= 15 is 0 Å². The summed E-state index contributed by atoms with van der Waals surface area (Å²) in [5, 5.41) is 23.4. The number of nitrogens with one attached hydrogen (secondary N) is 1. The number of esters is 1. The molecule has 0 bridgehead atoms. The lowest BCUT2D eigenvalue weighted by Crippen LogP contribution is -2.45. The van der Waals surface area contributed by atoms with Gasteiger partial charge in [-0.25, -0.2) is 0 Å². The number of aliphatic hydroxyl groups excluding tert-OH is 2. The molecule has 0 saturated heterocycles. The Labute approximate surface area is 432 Å². The predicted octanol–water partition coefficient (Wildman–Crippen LogP) is 19.9. The summed E-state index contributed by atoms with van der Waals surface area (Å²) in [5.41, 5.74) is 0. The summed E-state index contributed by atoms with van der Waals surface area (Å²) in [5.74, 6) is -0.0246. The SMILES string of the molecule is CCCCCCCCCCCCCCCCCCCCCCCCC(O)C(CO)NC(=O)CCCCCCCCCCCCCCCCCCCCOC(=O)CCCCCCCCCCCCCC. The minimum absolute atomic E-state index is 0.00940. The van der Waals surface area contributed by atoms with Crippen LogP contribution in [0, 0.1) is 0 Å². The first-order valence-electron chi connectivity index (χ1n) is 31.8. The number of carbonyl (C=O) groups excluding carboxylic acids is 2. The second-order valence-electron chi connectivity index (χ2n) is 22.1. The Hall–Kier alpha value is -1.14. The Morgan fingerprint density at radius 2 is 0.594 bits per heavy atom. The number of aliphatic hydroxyl groups is 2. The average molecular weight is 977 g/mol. The van der Waals surface area contributed by atoms with Crippen LogP contribution >= 0.6 is 0 Å². The van der Waals surface area contributed by atoms with Gasteiger partial charge in [-0.05, 0) is 25.7 Å². The maximum absolute atomic E-state index is 12.5. The summed E-state index contributed by atoms with van der Waals surface area (Å²) >= 11 is 0. The summed E-state index contributed by atoms with van der Waals surface area (Å²) in [7, 11) is 0. The second kappa shape index (κ2) is 59.4. The van der Waals surface area contributed by atoms with Gasteiger partial charge in [-0.1, -0.05) is 328 Å². The van der Waals surface area contributed by atoms with Crippen LogP contribution in [0.1, 0.15) is 367 Å². The molecule has 2 unspecified atom stereocenters. The molecule has 69 heavy (non-hydrogen) atoms. The van der Waals surface area contributed by atoms with Crippen molar-refractivity contribution in [3.63, 3.8) is 0 Å². The molecule has 0 aliphatic rings. The van der Waals surface area contributed by atoms with E-state index in [1.807, 2.05) is 0 Å². The fourth-order valence-corrected chi connectivity index (χ4v) is 10.3. The van der Waals surface area contributed by atoms with Crippen molar-refractivity contribution in [3.05, 3.63) is 0 Å². The van der Waals surface area contributed by atoms with E-state index in [0.29, 0.717) is 25.9 Å². The van der Waals surface area contributed by atoms with Crippen molar-refractivity contribution in [2.24, 2.45) is 0 Å². The van der Waals surface area contributed by atoms with Crippen LogP contribution in [-0.2, 0) is 14.3 Å². The number of ether oxygens (including phenoxy) is 1. The van der Waals surface area contributed by atoms with Gasteiger partial charge in [0.1, 0.15) is 0 Å². The monoisotopic (exact) mass is 976 g/mol. The van der Waals surface area contributed by atoms with E-state index in [1.54, 1.807) is 0 Å². The summed E-state index contributed by atoms with van der Waals surface area (Å²) in [6.45, 7) is 4.98. The largest absolute Gasteiger partial charge is 0.466 e. The lowest BCUT2D eigenvalue weighted by atomic mass is 10.0. The Balaban J connectivity index is 3.40. The van der Waals surface area contributed by atoms with Gasteiger partial charge in [-0.3, -0.25) is 9.59 Å². The molecule has 0 aromatic rings. The van der Waals surface area contributed by atoms with Crippen molar-refractivity contribution >= 4 is 11.9 Å². The quantitative estimate of drug-likeness (QED) is 0.0417. The highest BCUT2D eigenvalue weighted by atomic mass is 16.5. The first-order chi connectivity index (χ1) is 34.0. The number of unbranched alkanes of at least 4 members (excludes halogenated alkanes) is 49. The zero-order chi connectivity index (χ0) is 50.0. The summed E-state index contributed by atoms with van der Waals surface area (Å²) < 4.78 is 5.47. The molecule has 0 aliphatic carbocycles. The maximum atomic E-state index is 12.5. The maximum Gasteiger partial charge on any atom is 0.305 e. The van der Waals surface area contributed by atoms with Crippen LogP contribution in [0.2, 0.25) is 0 Å². The van der Waals surface area contributed by atoms with Gasteiger partial charge in [-0.15, -0.1) is 0 Å². The zero-order valence-electron chi connectivity index (χ0n) is 47.1. The third-order valence-corrected chi connectivity index (χ3v) is 15.2. The van der Waals surface area contributed by atoms with Crippen molar-refractivity contribution < 1.29 is 24.5 Å². The van der Waals surface area contributed by atoms with E-state index in [2.05, 4.69) is 19.2 Å². The first kappa shape index (κ1) is 67.9. The molecule has 6 heteroatoms. The smallest absolute Gasteiger partial charge is 0.305 e. The Morgan fingerprint density at radius 1 is 0.348 bits per heavy atom. The number of amides is 1. The standard InChI is InChI=1S/C63H125NO5/c1-3-5-7-9-11-13-15-17-18-19-20-21-22-23-26-29-32-35-39-43-47-51-55-61(66)60(59-65)64-62(67)56-52-48-44-40-36-33-30-27-24-25-28-31-34-38-42-46-50-54-58-69-63(68)57-53-49-45-41-37-16-14-12-10-8-6-4-2/h60-61,65-66H,3-59H2,1-2H3,(H,64,67). The van der Waals surface area contributed by atoms with Gasteiger partial charge >= 0.3 is 5.97 Å². The highest BCUT2D eigenvalue weighted by Gasteiger charge is 2.20. The summed E-state index contributed by atoms with van der Waals surface area (Å²) in [6.07, 6.45) is 69.7. The van der Waals surface area contributed by atoms with Crippen molar-refractivity contribution in [2.75, 3.05) is 13.2 Å². The zero-order valence-corrected chi connectivity index (χ0v) is 47.1. The third kappa shape index (κ3) is 56.0. The van der Waals surface area contributed by atoms with Gasteiger partial charge in [-0.2, -0.15) is 0 Å². The van der Waals surface area contributed by atoms with Crippen LogP contribution < -0.4 is 5.32 Å². The van der Waals surface area contributed by atoms with Crippen LogP contribution in [0.5, 0.6) is 0 Å². The molecule has 2 atom stereocenters. The molecular weight excluding hydrogens is 851 g/mol. The Kier molecular flexibility index (Phi) is 58.4. The molecule has 3 N–H and O–H groups in total. The molecule has 0 aromatic carbocycles. The van der Waals surface area contributed by atoms with Crippen LogP contribution in [-0.4, -0.2) is 47.4 Å². The van der Waals surface area contributed by atoms with E-state index in [9.17, 15) is 19.8 Å². The summed E-state index contributed by atoms with van der Waals surface area (Å²) in [4.78, 5) is 24.5. The molecule has 0 aliphatic heterocycles. The van der Waals surface area contributed by atoms with E-state index in [1.165, 1.54) is 295 Å². The highest BCUT2D eigenvalue weighted by molar-refractivity contribution is 5.76. The number of carbonyl (C=O) groups is 2. The molecule has 0 aromatic heterocycles. The van der Waals surface area contributed by atoms with Crippen molar-refractivity contribution in [1.82, 2.24) is 5.32 Å². The number of hydrogen-bond acceptors (Lipinski definition) is 5. The molecule has 0 rings (SSSR count). The second-order valence-corrected chi connectivity index (χ2v) is 22.1. The van der Waals surface area contributed by atoms with Gasteiger partial charge in [0.05, 0.1) is 25.4 Å². The van der Waals surface area contributed by atoms with E-state index in [4.69, 9.17) is 4.74 Å². The topological polar surface area (TPSA) is 95.9 Å². The van der Waals surface area contributed by atoms with Gasteiger partial charge in [0, 0.05) is 12.8 Å². The van der Waals surface area contributed by atoms with Gasteiger partial charge in [0.15, 0.2) is 0 Å².